The van der Waals surface area contributed by atoms with Crippen molar-refractivity contribution in [2.45, 2.75) is 25.5 Å². The second-order valence-corrected chi connectivity index (χ2v) is 7.75. The zero-order chi connectivity index (χ0) is 21.5. The molecule has 5 rings (SSSR count). The molecule has 7 nitrogen and oxygen atoms in total. The lowest BCUT2D eigenvalue weighted by molar-refractivity contribution is 0.302. The highest BCUT2D eigenvalue weighted by molar-refractivity contribution is 5.92. The van der Waals surface area contributed by atoms with E-state index in [9.17, 15) is 10.1 Å². The third-order valence-corrected chi connectivity index (χ3v) is 5.67. The van der Waals surface area contributed by atoms with Gasteiger partial charge in [0, 0.05) is 36.3 Å². The number of nitrogens with one attached hydrogen (secondary N) is 1. The highest BCUT2D eigenvalue weighted by Crippen LogP contribution is 2.39. The van der Waals surface area contributed by atoms with Gasteiger partial charge in [0.15, 0.2) is 0 Å². The van der Waals surface area contributed by atoms with Crippen molar-refractivity contribution >= 4 is 10.8 Å². The molecule has 1 fully saturated rings. The SMILES string of the molecule is Cn1ncc(-c2ccc3c(=O)[nH]cc(CN)c3c2)c1-c1cccc(OC2CC2)c1C#N. The Hall–Kier alpha value is -3.89. The second-order valence-electron chi connectivity index (χ2n) is 7.75. The fourth-order valence-electron chi connectivity index (χ4n) is 3.93. The normalized spacial score (nSPS) is 13.3. The van der Waals surface area contributed by atoms with Crippen molar-refractivity contribution in [1.82, 2.24) is 14.8 Å². The Balaban J connectivity index is 1.70. The summed E-state index contributed by atoms with van der Waals surface area (Å²) in [4.78, 5) is 15.0. The first-order valence-electron chi connectivity index (χ1n) is 10.2. The van der Waals surface area contributed by atoms with Gasteiger partial charge in [-0.1, -0.05) is 18.2 Å². The molecule has 0 saturated heterocycles. The van der Waals surface area contributed by atoms with Gasteiger partial charge in [-0.2, -0.15) is 10.4 Å². The van der Waals surface area contributed by atoms with Gasteiger partial charge in [-0.3, -0.25) is 9.48 Å². The lowest BCUT2D eigenvalue weighted by Gasteiger charge is -2.13. The molecule has 2 heterocycles. The molecule has 0 unspecified atom stereocenters. The van der Waals surface area contributed by atoms with Gasteiger partial charge in [0.05, 0.1) is 18.0 Å². The number of H-pyrrole nitrogens is 1. The van der Waals surface area contributed by atoms with Crippen LogP contribution in [0.5, 0.6) is 5.75 Å². The molecule has 3 N–H and O–H groups in total. The first-order valence-corrected chi connectivity index (χ1v) is 10.2. The van der Waals surface area contributed by atoms with E-state index < -0.39 is 0 Å². The minimum absolute atomic E-state index is 0.151. The number of fused-ring (bicyclic) bond motifs is 1. The zero-order valence-corrected chi connectivity index (χ0v) is 17.1. The Morgan fingerprint density at radius 1 is 1.26 bits per heavy atom. The molecule has 0 amide bonds. The Bertz CT molecular complexity index is 1410. The van der Waals surface area contributed by atoms with E-state index in [-0.39, 0.29) is 11.7 Å². The minimum Gasteiger partial charge on any atom is -0.489 e. The third-order valence-electron chi connectivity index (χ3n) is 5.67. The summed E-state index contributed by atoms with van der Waals surface area (Å²) in [6.07, 6.45) is 5.67. The fourth-order valence-corrected chi connectivity index (χ4v) is 3.93. The number of rotatable bonds is 5. The van der Waals surface area contributed by atoms with Crippen molar-refractivity contribution in [2.24, 2.45) is 12.8 Å². The molecule has 2 aromatic heterocycles. The van der Waals surface area contributed by atoms with Crippen molar-refractivity contribution in [1.29, 1.82) is 5.26 Å². The maximum absolute atomic E-state index is 12.2. The number of ether oxygens (including phenoxy) is 1. The number of benzene rings is 2. The summed E-state index contributed by atoms with van der Waals surface area (Å²) in [7, 11) is 1.85. The first kappa shape index (κ1) is 19.1. The van der Waals surface area contributed by atoms with Gasteiger partial charge in [-0.25, -0.2) is 0 Å². The van der Waals surface area contributed by atoms with Crippen LogP contribution in [-0.4, -0.2) is 20.9 Å². The summed E-state index contributed by atoms with van der Waals surface area (Å²) in [6.45, 7) is 0.315. The van der Waals surface area contributed by atoms with Crippen LogP contribution in [0.3, 0.4) is 0 Å². The third kappa shape index (κ3) is 3.27. The highest BCUT2D eigenvalue weighted by Gasteiger charge is 2.26. The van der Waals surface area contributed by atoms with E-state index in [0.29, 0.717) is 23.2 Å². The predicted molar refractivity (Wildman–Crippen MR) is 118 cm³/mol. The van der Waals surface area contributed by atoms with Crippen molar-refractivity contribution < 1.29 is 4.74 Å². The largest absolute Gasteiger partial charge is 0.489 e. The van der Waals surface area contributed by atoms with Gasteiger partial charge in [-0.15, -0.1) is 0 Å². The quantitative estimate of drug-likeness (QED) is 0.523. The summed E-state index contributed by atoms with van der Waals surface area (Å²) in [5.41, 5.74) is 10.4. The van der Waals surface area contributed by atoms with Gasteiger partial charge in [0.1, 0.15) is 17.4 Å². The minimum atomic E-state index is -0.151. The average Bonchev–Trinajstić information content (AvgIpc) is 3.52. The summed E-state index contributed by atoms with van der Waals surface area (Å²) in [5, 5.41) is 15.8. The number of hydrogen-bond donors (Lipinski definition) is 2. The van der Waals surface area contributed by atoms with Crippen LogP contribution in [0.2, 0.25) is 0 Å². The number of nitrogens with two attached hydrogens (primary N) is 1. The maximum atomic E-state index is 12.2. The van der Waals surface area contributed by atoms with E-state index in [1.807, 2.05) is 37.4 Å². The van der Waals surface area contributed by atoms with E-state index in [0.717, 1.165) is 46.2 Å². The topological polar surface area (TPSA) is 110 Å². The van der Waals surface area contributed by atoms with Crippen molar-refractivity contribution in [3.63, 3.8) is 0 Å². The van der Waals surface area contributed by atoms with Crippen LogP contribution in [0.25, 0.3) is 33.2 Å². The van der Waals surface area contributed by atoms with E-state index in [2.05, 4.69) is 16.2 Å². The van der Waals surface area contributed by atoms with Gasteiger partial charge in [-0.05, 0) is 47.6 Å². The number of aromatic amines is 1. The van der Waals surface area contributed by atoms with Crippen LogP contribution in [0.1, 0.15) is 24.0 Å². The molecule has 4 aromatic rings. The maximum Gasteiger partial charge on any atom is 0.255 e. The first-order chi connectivity index (χ1) is 15.1. The van der Waals surface area contributed by atoms with Crippen LogP contribution >= 0.6 is 0 Å². The lowest BCUT2D eigenvalue weighted by Crippen LogP contribution is -2.09. The molecule has 0 radical (unpaired) electrons. The number of hydrogen-bond acceptors (Lipinski definition) is 5. The molecular formula is C24H21N5O2. The zero-order valence-electron chi connectivity index (χ0n) is 17.1. The number of aryl methyl sites for hydroxylation is 1. The predicted octanol–water partition coefficient (Wildman–Crippen LogP) is 3.47. The van der Waals surface area contributed by atoms with Crippen LogP contribution in [0.15, 0.2) is 53.6 Å². The van der Waals surface area contributed by atoms with Crippen LogP contribution in [-0.2, 0) is 13.6 Å². The second kappa shape index (κ2) is 7.42. The van der Waals surface area contributed by atoms with E-state index in [1.54, 1.807) is 23.1 Å². The molecule has 2 aromatic carbocycles. The summed E-state index contributed by atoms with van der Waals surface area (Å²) in [5.74, 6) is 0.602. The van der Waals surface area contributed by atoms with Crippen LogP contribution < -0.4 is 16.0 Å². The number of nitriles is 1. The fraction of sp³-hybridized carbons (Fsp3) is 0.208. The molecule has 154 valence electrons. The molecule has 31 heavy (non-hydrogen) atoms. The molecular weight excluding hydrogens is 390 g/mol. The summed E-state index contributed by atoms with van der Waals surface area (Å²) in [6, 6.07) is 13.6. The molecule has 0 aliphatic heterocycles. The Labute approximate surface area is 178 Å². The Kier molecular flexibility index (Phi) is 4.57. The van der Waals surface area contributed by atoms with Gasteiger partial charge < -0.3 is 15.5 Å². The molecule has 1 aliphatic rings. The summed E-state index contributed by atoms with van der Waals surface area (Å²) >= 11 is 0. The monoisotopic (exact) mass is 411 g/mol. The van der Waals surface area contributed by atoms with Crippen molar-refractivity contribution in [2.75, 3.05) is 0 Å². The summed E-state index contributed by atoms with van der Waals surface area (Å²) < 4.78 is 7.73. The van der Waals surface area contributed by atoms with E-state index in [4.69, 9.17) is 10.5 Å². The van der Waals surface area contributed by atoms with Crippen molar-refractivity contribution in [3.8, 4) is 34.2 Å². The molecule has 1 aliphatic carbocycles. The van der Waals surface area contributed by atoms with Crippen molar-refractivity contribution in [3.05, 3.63) is 70.3 Å². The molecule has 7 heteroatoms. The van der Waals surface area contributed by atoms with Gasteiger partial charge in [0.2, 0.25) is 0 Å². The smallest absolute Gasteiger partial charge is 0.255 e. The number of nitrogens with zero attached hydrogens (tertiary/aromatic N) is 3. The lowest BCUT2D eigenvalue weighted by atomic mass is 9.95. The number of aromatic nitrogens is 3. The van der Waals surface area contributed by atoms with Gasteiger partial charge in [0.25, 0.3) is 5.56 Å². The molecule has 0 atom stereocenters. The average molecular weight is 411 g/mol. The van der Waals surface area contributed by atoms with E-state index in [1.165, 1.54) is 0 Å². The van der Waals surface area contributed by atoms with E-state index >= 15 is 0 Å². The Morgan fingerprint density at radius 3 is 2.84 bits per heavy atom. The highest BCUT2D eigenvalue weighted by atomic mass is 16.5. The van der Waals surface area contributed by atoms with Crippen LogP contribution in [0, 0.1) is 11.3 Å². The number of pyridine rings is 1. The van der Waals surface area contributed by atoms with Gasteiger partial charge >= 0.3 is 0 Å². The standard InChI is InChI=1S/C24H21N5O2/c1-29-23(17-3-2-4-22(20(17)11-26)31-16-6-7-16)21(13-28-29)14-5-8-18-19(9-14)15(10-25)12-27-24(18)30/h2-5,8-9,12-13,16H,6-7,10,25H2,1H3,(H,27,30). The molecule has 0 spiro atoms. The molecule has 1 saturated carbocycles. The Morgan fingerprint density at radius 2 is 2.10 bits per heavy atom. The molecule has 0 bridgehead atoms. The van der Waals surface area contributed by atoms with Crippen LogP contribution in [0.4, 0.5) is 0 Å².